The molecular formula is C18H25FN6. The second-order valence-electron chi connectivity index (χ2n) is 7.12. The van der Waals surface area contributed by atoms with Crippen LogP contribution in [0.4, 0.5) is 15.8 Å². The predicted molar refractivity (Wildman–Crippen MR) is 99.4 cm³/mol. The van der Waals surface area contributed by atoms with E-state index in [-0.39, 0.29) is 11.8 Å². The molecule has 4 rings (SSSR count). The molecule has 1 aliphatic carbocycles. The Bertz CT molecular complexity index is 716. The third-order valence-corrected chi connectivity index (χ3v) is 5.48. The summed E-state index contributed by atoms with van der Waals surface area (Å²) in [6.45, 7) is 1.72. The van der Waals surface area contributed by atoms with E-state index in [1.165, 1.54) is 12.5 Å². The summed E-state index contributed by atoms with van der Waals surface area (Å²) in [5.74, 6) is 0.302. The molecule has 134 valence electrons. The third-order valence-electron chi connectivity index (χ3n) is 5.48. The third kappa shape index (κ3) is 2.71. The SMILES string of the molecule is NC1=NC2(CCCCC2)N(c2cccc(F)c2N2CCCC2)C(N)=N1. The van der Waals surface area contributed by atoms with Crippen LogP contribution in [0.25, 0.3) is 0 Å². The normalized spacial score (nSPS) is 22.9. The molecule has 1 aromatic carbocycles. The summed E-state index contributed by atoms with van der Waals surface area (Å²) >= 11 is 0. The van der Waals surface area contributed by atoms with E-state index in [1.807, 2.05) is 11.0 Å². The fourth-order valence-electron chi connectivity index (χ4n) is 4.41. The molecule has 0 aromatic heterocycles. The van der Waals surface area contributed by atoms with Gasteiger partial charge in [0.25, 0.3) is 0 Å². The van der Waals surface area contributed by atoms with Crippen molar-refractivity contribution in [1.29, 1.82) is 0 Å². The number of halogens is 1. The van der Waals surface area contributed by atoms with Gasteiger partial charge in [-0.15, -0.1) is 0 Å². The molecule has 4 N–H and O–H groups in total. The van der Waals surface area contributed by atoms with Gasteiger partial charge >= 0.3 is 0 Å². The molecular weight excluding hydrogens is 319 g/mol. The number of hydrogen-bond acceptors (Lipinski definition) is 6. The van der Waals surface area contributed by atoms with E-state index in [1.54, 1.807) is 6.07 Å². The van der Waals surface area contributed by atoms with E-state index in [2.05, 4.69) is 9.89 Å². The van der Waals surface area contributed by atoms with Gasteiger partial charge in [0.2, 0.25) is 11.9 Å². The van der Waals surface area contributed by atoms with Gasteiger partial charge in [0.15, 0.2) is 0 Å². The Kier molecular flexibility index (Phi) is 4.01. The van der Waals surface area contributed by atoms with Gasteiger partial charge in [-0.3, -0.25) is 4.90 Å². The van der Waals surface area contributed by atoms with Crippen molar-refractivity contribution in [3.8, 4) is 0 Å². The predicted octanol–water partition coefficient (Wildman–Crippen LogP) is 2.54. The van der Waals surface area contributed by atoms with Crippen molar-refractivity contribution >= 4 is 23.3 Å². The maximum Gasteiger partial charge on any atom is 0.220 e. The van der Waals surface area contributed by atoms with Crippen molar-refractivity contribution in [3.05, 3.63) is 24.0 Å². The van der Waals surface area contributed by atoms with Gasteiger partial charge in [-0.25, -0.2) is 9.38 Å². The van der Waals surface area contributed by atoms with Gasteiger partial charge in [0.05, 0.1) is 11.4 Å². The van der Waals surface area contributed by atoms with E-state index in [0.29, 0.717) is 11.6 Å². The Labute approximate surface area is 147 Å². The largest absolute Gasteiger partial charge is 0.369 e. The minimum Gasteiger partial charge on any atom is -0.369 e. The number of para-hydroxylation sites is 1. The Hall–Kier alpha value is -2.31. The van der Waals surface area contributed by atoms with Gasteiger partial charge in [-0.05, 0) is 50.7 Å². The maximum absolute atomic E-state index is 14.8. The summed E-state index contributed by atoms with van der Waals surface area (Å²) in [5.41, 5.74) is 13.0. The first-order valence-corrected chi connectivity index (χ1v) is 9.14. The average Bonchev–Trinajstić information content (AvgIpc) is 3.09. The Morgan fingerprint density at radius 2 is 1.72 bits per heavy atom. The number of benzene rings is 1. The molecule has 2 aliphatic heterocycles. The summed E-state index contributed by atoms with van der Waals surface area (Å²) < 4.78 is 14.8. The van der Waals surface area contributed by atoms with E-state index < -0.39 is 5.66 Å². The van der Waals surface area contributed by atoms with Crippen LogP contribution >= 0.6 is 0 Å². The van der Waals surface area contributed by atoms with Crippen molar-refractivity contribution in [3.63, 3.8) is 0 Å². The number of nitrogens with zero attached hydrogens (tertiary/aromatic N) is 4. The van der Waals surface area contributed by atoms with E-state index in [0.717, 1.165) is 57.3 Å². The lowest BCUT2D eigenvalue weighted by atomic mass is 9.87. The van der Waals surface area contributed by atoms with Gasteiger partial charge in [-0.2, -0.15) is 4.99 Å². The Balaban J connectivity index is 1.84. The highest BCUT2D eigenvalue weighted by Gasteiger charge is 2.44. The second kappa shape index (κ2) is 6.20. The van der Waals surface area contributed by atoms with Crippen molar-refractivity contribution in [2.24, 2.45) is 21.5 Å². The van der Waals surface area contributed by atoms with Crippen molar-refractivity contribution in [2.75, 3.05) is 22.9 Å². The number of nitrogens with two attached hydrogens (primary N) is 2. The van der Waals surface area contributed by atoms with Crippen LogP contribution in [0.2, 0.25) is 0 Å². The first-order valence-electron chi connectivity index (χ1n) is 9.14. The number of hydrogen-bond donors (Lipinski definition) is 2. The highest BCUT2D eigenvalue weighted by atomic mass is 19.1. The van der Waals surface area contributed by atoms with Crippen molar-refractivity contribution in [1.82, 2.24) is 0 Å². The number of guanidine groups is 2. The van der Waals surface area contributed by atoms with Crippen LogP contribution in [-0.4, -0.2) is 30.7 Å². The zero-order valence-electron chi connectivity index (χ0n) is 14.4. The lowest BCUT2D eigenvalue weighted by molar-refractivity contribution is 0.305. The molecule has 0 unspecified atom stereocenters. The van der Waals surface area contributed by atoms with Crippen molar-refractivity contribution < 1.29 is 4.39 Å². The molecule has 0 atom stereocenters. The molecule has 1 aromatic rings. The summed E-state index contributed by atoms with van der Waals surface area (Å²) in [5, 5.41) is 0. The quantitative estimate of drug-likeness (QED) is 0.863. The lowest BCUT2D eigenvalue weighted by Gasteiger charge is -2.46. The number of rotatable bonds is 2. The summed E-state index contributed by atoms with van der Waals surface area (Å²) in [4.78, 5) is 12.9. The van der Waals surface area contributed by atoms with E-state index in [9.17, 15) is 4.39 Å². The van der Waals surface area contributed by atoms with Crippen LogP contribution in [0, 0.1) is 5.82 Å². The number of anilines is 2. The van der Waals surface area contributed by atoms with E-state index in [4.69, 9.17) is 16.5 Å². The molecule has 2 heterocycles. The first-order chi connectivity index (χ1) is 12.1. The Morgan fingerprint density at radius 3 is 2.44 bits per heavy atom. The minimum atomic E-state index is -0.545. The molecule has 7 heteroatoms. The van der Waals surface area contributed by atoms with Crippen LogP contribution in [0.1, 0.15) is 44.9 Å². The fraction of sp³-hybridized carbons (Fsp3) is 0.556. The van der Waals surface area contributed by atoms with Gasteiger partial charge in [0, 0.05) is 13.1 Å². The monoisotopic (exact) mass is 344 g/mol. The zero-order valence-corrected chi connectivity index (χ0v) is 14.4. The second-order valence-corrected chi connectivity index (χ2v) is 7.12. The molecule has 2 fully saturated rings. The topological polar surface area (TPSA) is 83.2 Å². The fourth-order valence-corrected chi connectivity index (χ4v) is 4.41. The van der Waals surface area contributed by atoms with Gasteiger partial charge < -0.3 is 16.4 Å². The average molecular weight is 344 g/mol. The first kappa shape index (κ1) is 16.2. The molecule has 0 bridgehead atoms. The lowest BCUT2D eigenvalue weighted by Crippen LogP contribution is -2.58. The summed E-state index contributed by atoms with van der Waals surface area (Å²) in [7, 11) is 0. The standard InChI is InChI=1S/C18H25FN6/c19-13-7-6-8-14(15(13)24-11-4-5-12-24)25-17(21)22-16(20)23-18(25)9-2-1-3-10-18/h6-8H,1-5,9-12H2,(H4,20,21,22,23). The number of aliphatic imine (C=N–C) groups is 2. The van der Waals surface area contributed by atoms with Crippen molar-refractivity contribution in [2.45, 2.75) is 50.6 Å². The van der Waals surface area contributed by atoms with Crippen LogP contribution < -0.4 is 21.3 Å². The Morgan fingerprint density at radius 1 is 1.00 bits per heavy atom. The van der Waals surface area contributed by atoms with Crippen LogP contribution in [-0.2, 0) is 0 Å². The van der Waals surface area contributed by atoms with Crippen LogP contribution in [0.5, 0.6) is 0 Å². The molecule has 1 saturated heterocycles. The molecule has 3 aliphatic rings. The summed E-state index contributed by atoms with van der Waals surface area (Å²) in [6, 6.07) is 5.17. The smallest absolute Gasteiger partial charge is 0.220 e. The molecule has 0 amide bonds. The van der Waals surface area contributed by atoms with Gasteiger partial charge in [-0.1, -0.05) is 12.5 Å². The van der Waals surface area contributed by atoms with Crippen LogP contribution in [0.3, 0.4) is 0 Å². The van der Waals surface area contributed by atoms with Crippen LogP contribution in [0.15, 0.2) is 28.2 Å². The zero-order chi connectivity index (χ0) is 17.4. The highest BCUT2D eigenvalue weighted by molar-refractivity contribution is 6.07. The molecule has 0 radical (unpaired) electrons. The molecule has 1 spiro atoms. The van der Waals surface area contributed by atoms with E-state index >= 15 is 0 Å². The minimum absolute atomic E-state index is 0.217. The highest BCUT2D eigenvalue weighted by Crippen LogP contribution is 2.44. The molecule has 25 heavy (non-hydrogen) atoms. The van der Waals surface area contributed by atoms with Gasteiger partial charge in [0.1, 0.15) is 11.5 Å². The maximum atomic E-state index is 14.8. The summed E-state index contributed by atoms with van der Waals surface area (Å²) in [6.07, 6.45) is 7.12. The molecule has 6 nitrogen and oxygen atoms in total. The molecule has 1 saturated carbocycles.